The Labute approximate surface area is 118 Å². The fraction of sp³-hybridized carbons (Fsp3) is 0.0667. The van der Waals surface area contributed by atoms with E-state index in [1.807, 2.05) is 30.3 Å². The quantitative estimate of drug-likeness (QED) is 0.748. The van der Waals surface area contributed by atoms with Crippen LogP contribution in [-0.2, 0) is 14.3 Å². The van der Waals surface area contributed by atoms with Crippen LogP contribution in [0.15, 0.2) is 59.1 Å². The van der Waals surface area contributed by atoms with Crippen molar-refractivity contribution < 1.29 is 14.3 Å². The van der Waals surface area contributed by atoms with Crippen LogP contribution in [0.2, 0.25) is 0 Å². The minimum absolute atomic E-state index is 0.114. The minimum atomic E-state index is -0.981. The maximum absolute atomic E-state index is 11.8. The zero-order chi connectivity index (χ0) is 13.5. The molecule has 19 heavy (non-hydrogen) atoms. The molecule has 1 aromatic rings. The summed E-state index contributed by atoms with van der Waals surface area (Å²) in [6, 6.07) is 9.48. The van der Waals surface area contributed by atoms with Gasteiger partial charge in [-0.25, -0.2) is 4.79 Å². The van der Waals surface area contributed by atoms with E-state index >= 15 is 0 Å². The summed E-state index contributed by atoms with van der Waals surface area (Å²) in [4.78, 5) is 23.1. The number of hydrogen-bond donors (Lipinski definition) is 0. The third-order valence-corrected chi connectivity index (χ3v) is 3.82. The first kappa shape index (κ1) is 12.1. The molecule has 0 bridgehead atoms. The molecule has 1 aliphatic carbocycles. The molecule has 0 saturated heterocycles. The highest BCUT2D eigenvalue weighted by Gasteiger charge is 2.45. The molecule has 0 N–H and O–H groups in total. The number of rotatable bonds is 1. The molecule has 4 heteroatoms. The molecular formula is C15H9BrO3. The van der Waals surface area contributed by atoms with Crippen molar-refractivity contribution in [3.63, 3.8) is 0 Å². The maximum atomic E-state index is 11.8. The van der Waals surface area contributed by atoms with E-state index in [4.69, 9.17) is 4.74 Å². The summed E-state index contributed by atoms with van der Waals surface area (Å²) in [5.41, 5.74) is 0.618. The Morgan fingerprint density at radius 1 is 1.00 bits per heavy atom. The monoisotopic (exact) mass is 316 g/mol. The fourth-order valence-electron chi connectivity index (χ4n) is 2.24. The first-order valence-electron chi connectivity index (χ1n) is 5.74. The Balaban J connectivity index is 2.18. The molecule has 0 amide bonds. The van der Waals surface area contributed by atoms with Gasteiger partial charge in [0.05, 0.1) is 0 Å². The molecule has 3 rings (SSSR count). The Morgan fingerprint density at radius 3 is 2.26 bits per heavy atom. The molecule has 0 atom stereocenters. The van der Waals surface area contributed by atoms with Gasteiger partial charge in [-0.1, -0.05) is 30.3 Å². The molecule has 0 radical (unpaired) electrons. The van der Waals surface area contributed by atoms with Crippen molar-refractivity contribution in [3.05, 3.63) is 64.7 Å². The smallest absolute Gasteiger partial charge is 0.347 e. The molecule has 1 spiro atoms. The molecule has 0 saturated carbocycles. The largest absolute Gasteiger partial charge is 0.441 e. The highest BCUT2D eigenvalue weighted by atomic mass is 79.9. The van der Waals surface area contributed by atoms with E-state index < -0.39 is 11.6 Å². The summed E-state index contributed by atoms with van der Waals surface area (Å²) in [6.07, 6.45) is 6.07. The van der Waals surface area contributed by atoms with Crippen molar-refractivity contribution in [3.8, 4) is 0 Å². The van der Waals surface area contributed by atoms with Crippen LogP contribution in [0.4, 0.5) is 0 Å². The lowest BCUT2D eigenvalue weighted by atomic mass is 9.86. The maximum Gasteiger partial charge on any atom is 0.347 e. The van der Waals surface area contributed by atoms with Crippen molar-refractivity contribution in [1.29, 1.82) is 0 Å². The van der Waals surface area contributed by atoms with Crippen molar-refractivity contribution >= 4 is 33.3 Å². The van der Waals surface area contributed by atoms with E-state index in [0.717, 1.165) is 11.1 Å². The minimum Gasteiger partial charge on any atom is -0.441 e. The lowest BCUT2D eigenvalue weighted by Crippen LogP contribution is -2.28. The predicted molar refractivity (Wildman–Crippen MR) is 74.4 cm³/mol. The topological polar surface area (TPSA) is 43.4 Å². The summed E-state index contributed by atoms with van der Waals surface area (Å²) in [5, 5.41) is 0. The summed E-state index contributed by atoms with van der Waals surface area (Å²) in [5.74, 6) is -0.542. The van der Waals surface area contributed by atoms with Crippen LogP contribution >= 0.6 is 15.9 Å². The molecule has 3 nitrogen and oxygen atoms in total. The summed E-state index contributed by atoms with van der Waals surface area (Å²) >= 11 is 3.28. The molecule has 1 aliphatic heterocycles. The van der Waals surface area contributed by atoms with Gasteiger partial charge in [-0.15, -0.1) is 0 Å². The first-order valence-corrected chi connectivity index (χ1v) is 6.53. The Kier molecular flexibility index (Phi) is 2.75. The van der Waals surface area contributed by atoms with Gasteiger partial charge < -0.3 is 4.74 Å². The van der Waals surface area contributed by atoms with Crippen LogP contribution < -0.4 is 0 Å². The zero-order valence-corrected chi connectivity index (χ0v) is 11.4. The van der Waals surface area contributed by atoms with Gasteiger partial charge in [0.2, 0.25) is 0 Å². The molecule has 0 fully saturated rings. The van der Waals surface area contributed by atoms with Crippen LogP contribution in [0.5, 0.6) is 0 Å². The van der Waals surface area contributed by atoms with Gasteiger partial charge in [-0.05, 0) is 45.8 Å². The molecular weight excluding hydrogens is 308 g/mol. The Hall–Kier alpha value is -1.94. The molecule has 1 heterocycles. The summed E-state index contributed by atoms with van der Waals surface area (Å²) in [6.45, 7) is 0. The van der Waals surface area contributed by atoms with Crippen LogP contribution in [0.3, 0.4) is 0 Å². The number of esters is 1. The Morgan fingerprint density at radius 2 is 1.63 bits per heavy atom. The van der Waals surface area contributed by atoms with Crippen molar-refractivity contribution in [2.45, 2.75) is 5.60 Å². The van der Waals surface area contributed by atoms with Crippen molar-refractivity contribution in [2.75, 3.05) is 0 Å². The van der Waals surface area contributed by atoms with Crippen molar-refractivity contribution in [2.24, 2.45) is 0 Å². The van der Waals surface area contributed by atoms with Crippen LogP contribution in [0, 0.1) is 0 Å². The second-order valence-electron chi connectivity index (χ2n) is 4.31. The standard InChI is InChI=1S/C15H9BrO3/c16-13-12(10-4-2-1-3-5-10)15(19-14(13)18)8-6-11(17)7-9-15/h1-9H. The number of halogens is 1. The second-order valence-corrected chi connectivity index (χ2v) is 5.10. The van der Waals surface area contributed by atoms with Crippen LogP contribution in [-0.4, -0.2) is 17.4 Å². The van der Waals surface area contributed by atoms with Gasteiger partial charge in [0.25, 0.3) is 0 Å². The van der Waals surface area contributed by atoms with Gasteiger partial charge in [-0.3, -0.25) is 4.79 Å². The molecule has 0 unspecified atom stereocenters. The molecule has 0 aromatic heterocycles. The van der Waals surface area contributed by atoms with E-state index in [9.17, 15) is 9.59 Å². The summed E-state index contributed by atoms with van der Waals surface area (Å²) < 4.78 is 5.82. The highest BCUT2D eigenvalue weighted by Crippen LogP contribution is 2.44. The lowest BCUT2D eigenvalue weighted by molar-refractivity contribution is -0.140. The number of hydrogen-bond acceptors (Lipinski definition) is 3. The van der Waals surface area contributed by atoms with Crippen molar-refractivity contribution in [1.82, 2.24) is 0 Å². The average molecular weight is 317 g/mol. The molecule has 1 aromatic carbocycles. The third-order valence-electron chi connectivity index (χ3n) is 3.10. The number of allylic oxidation sites excluding steroid dienone is 2. The fourth-order valence-corrected chi connectivity index (χ4v) is 2.86. The van der Waals surface area contributed by atoms with Gasteiger partial charge >= 0.3 is 5.97 Å². The van der Waals surface area contributed by atoms with E-state index in [0.29, 0.717) is 4.48 Å². The van der Waals surface area contributed by atoms with E-state index in [1.54, 1.807) is 12.2 Å². The number of ether oxygens (including phenoxy) is 1. The SMILES string of the molecule is O=C1C=CC2(C=C1)OC(=O)C(Br)=C2c1ccccc1. The number of carbonyl (C=O) groups is 2. The van der Waals surface area contributed by atoms with Gasteiger partial charge in [0.15, 0.2) is 11.4 Å². The van der Waals surface area contributed by atoms with E-state index in [1.165, 1.54) is 12.2 Å². The molecule has 94 valence electrons. The van der Waals surface area contributed by atoms with E-state index in [-0.39, 0.29) is 5.78 Å². The Bertz CT molecular complexity index is 637. The second kappa shape index (κ2) is 4.31. The van der Waals surface area contributed by atoms with E-state index in [2.05, 4.69) is 15.9 Å². The average Bonchev–Trinajstić information content (AvgIpc) is 2.66. The highest BCUT2D eigenvalue weighted by molar-refractivity contribution is 9.12. The number of benzene rings is 1. The first-order chi connectivity index (χ1) is 9.12. The van der Waals surface area contributed by atoms with Crippen LogP contribution in [0.25, 0.3) is 5.57 Å². The zero-order valence-electron chi connectivity index (χ0n) is 9.80. The number of carbonyl (C=O) groups excluding carboxylic acids is 2. The predicted octanol–water partition coefficient (Wildman–Crippen LogP) is 2.78. The number of ketones is 1. The van der Waals surface area contributed by atoms with Gasteiger partial charge in [0, 0.05) is 5.57 Å². The van der Waals surface area contributed by atoms with Crippen LogP contribution in [0.1, 0.15) is 5.56 Å². The molecule has 2 aliphatic rings. The third kappa shape index (κ3) is 1.88. The van der Waals surface area contributed by atoms with Gasteiger partial charge in [-0.2, -0.15) is 0 Å². The normalized spacial score (nSPS) is 20.3. The lowest BCUT2D eigenvalue weighted by Gasteiger charge is -2.26. The summed E-state index contributed by atoms with van der Waals surface area (Å²) in [7, 11) is 0. The van der Waals surface area contributed by atoms with Gasteiger partial charge in [0.1, 0.15) is 4.48 Å².